The van der Waals surface area contributed by atoms with Crippen molar-refractivity contribution < 1.29 is 9.57 Å². The fourth-order valence-corrected chi connectivity index (χ4v) is 3.28. The minimum atomic E-state index is 0.291. The van der Waals surface area contributed by atoms with Gasteiger partial charge in [0.25, 0.3) is 0 Å². The number of fused-ring (bicyclic) bond motifs is 1. The lowest BCUT2D eigenvalue weighted by atomic mass is 9.86. The fraction of sp³-hybridized carbons (Fsp3) is 0.833. The van der Waals surface area contributed by atoms with Gasteiger partial charge in [0.1, 0.15) is 6.10 Å². The Labute approximate surface area is 129 Å². The van der Waals surface area contributed by atoms with E-state index in [9.17, 15) is 0 Å². The van der Waals surface area contributed by atoms with E-state index < -0.39 is 0 Å². The number of nitrogens with zero attached hydrogens (tertiary/aromatic N) is 1. The van der Waals surface area contributed by atoms with Gasteiger partial charge in [0.2, 0.25) is 0 Å². The van der Waals surface area contributed by atoms with E-state index in [1.807, 2.05) is 12.3 Å². The van der Waals surface area contributed by atoms with E-state index in [-0.39, 0.29) is 0 Å². The van der Waals surface area contributed by atoms with Crippen molar-refractivity contribution in [2.24, 2.45) is 11.1 Å². The van der Waals surface area contributed by atoms with E-state index in [4.69, 9.17) is 9.57 Å². The molecule has 1 aliphatic carbocycles. The molecule has 0 N–H and O–H groups in total. The summed E-state index contributed by atoms with van der Waals surface area (Å²) in [7, 11) is 0. The van der Waals surface area contributed by atoms with Crippen LogP contribution in [-0.4, -0.2) is 25.0 Å². The van der Waals surface area contributed by atoms with Gasteiger partial charge in [-0.05, 0) is 32.1 Å². The van der Waals surface area contributed by atoms with Crippen LogP contribution >= 0.6 is 0 Å². The summed E-state index contributed by atoms with van der Waals surface area (Å²) < 4.78 is 6.00. The van der Waals surface area contributed by atoms with E-state index >= 15 is 0 Å². The van der Waals surface area contributed by atoms with Crippen LogP contribution in [0.5, 0.6) is 0 Å². The Bertz CT molecular complexity index is 316. The Morgan fingerprint density at radius 2 is 1.86 bits per heavy atom. The van der Waals surface area contributed by atoms with Gasteiger partial charge in [-0.25, -0.2) is 0 Å². The lowest BCUT2D eigenvalue weighted by Gasteiger charge is -2.29. The molecule has 0 bridgehead atoms. The largest absolute Gasteiger partial charge is 0.392 e. The Kier molecular flexibility index (Phi) is 7.87. The molecule has 2 aliphatic rings. The van der Waals surface area contributed by atoms with Gasteiger partial charge < -0.3 is 9.57 Å². The molecule has 3 nitrogen and oxygen atoms in total. The van der Waals surface area contributed by atoms with Crippen molar-refractivity contribution >= 4 is 6.21 Å². The normalized spacial score (nSPS) is 27.3. The topological polar surface area (TPSA) is 30.8 Å². The summed E-state index contributed by atoms with van der Waals surface area (Å²) >= 11 is 0. The second kappa shape index (κ2) is 9.99. The molecule has 0 aromatic rings. The summed E-state index contributed by atoms with van der Waals surface area (Å²) in [6.45, 7) is 4.67. The molecule has 0 saturated heterocycles. The predicted octanol–water partition coefficient (Wildman–Crippen LogP) is 4.86. The molecule has 3 atom stereocenters. The molecular weight excluding hydrogens is 262 g/mol. The average molecular weight is 293 g/mol. The Balaban J connectivity index is 1.38. The van der Waals surface area contributed by atoms with Gasteiger partial charge in [-0.15, -0.1) is 6.58 Å². The van der Waals surface area contributed by atoms with Crippen molar-refractivity contribution in [1.29, 1.82) is 0 Å². The van der Waals surface area contributed by atoms with E-state index in [0.717, 1.165) is 13.0 Å². The van der Waals surface area contributed by atoms with Crippen LogP contribution in [0.2, 0.25) is 0 Å². The molecule has 0 amide bonds. The Hall–Kier alpha value is -0.830. The second-order valence-electron chi connectivity index (χ2n) is 6.42. The first-order valence-corrected chi connectivity index (χ1v) is 8.82. The molecule has 2 rings (SSSR count). The second-order valence-corrected chi connectivity index (χ2v) is 6.42. The van der Waals surface area contributed by atoms with E-state index in [1.165, 1.54) is 64.2 Å². The summed E-state index contributed by atoms with van der Waals surface area (Å²) in [6.07, 6.45) is 18.5. The first kappa shape index (κ1) is 16.5. The summed E-state index contributed by atoms with van der Waals surface area (Å²) in [5, 5.41) is 3.93. The zero-order valence-corrected chi connectivity index (χ0v) is 13.3. The number of oxime groups is 1. The summed E-state index contributed by atoms with van der Waals surface area (Å²) in [6, 6.07) is 0. The van der Waals surface area contributed by atoms with Crippen LogP contribution in [0.25, 0.3) is 0 Å². The van der Waals surface area contributed by atoms with Crippen LogP contribution < -0.4 is 0 Å². The Morgan fingerprint density at radius 3 is 2.67 bits per heavy atom. The third-order valence-corrected chi connectivity index (χ3v) is 4.65. The lowest BCUT2D eigenvalue weighted by molar-refractivity contribution is -0.0434. The van der Waals surface area contributed by atoms with E-state index in [0.29, 0.717) is 18.1 Å². The highest BCUT2D eigenvalue weighted by Gasteiger charge is 2.34. The average Bonchev–Trinajstić information content (AvgIpc) is 2.97. The third kappa shape index (κ3) is 6.21. The number of ether oxygens (including phenoxy) is 1. The van der Waals surface area contributed by atoms with Crippen molar-refractivity contribution in [1.82, 2.24) is 0 Å². The molecule has 0 spiro atoms. The van der Waals surface area contributed by atoms with Gasteiger partial charge in [0, 0.05) is 18.9 Å². The SMILES string of the molecule is C=CCCCCCCCCCOC1CCC2C=NOC2C1. The van der Waals surface area contributed by atoms with Gasteiger partial charge in [-0.1, -0.05) is 43.3 Å². The van der Waals surface area contributed by atoms with Crippen molar-refractivity contribution in [3.8, 4) is 0 Å². The van der Waals surface area contributed by atoms with Crippen molar-refractivity contribution in [2.45, 2.75) is 82.8 Å². The molecule has 3 unspecified atom stereocenters. The smallest absolute Gasteiger partial charge is 0.137 e. The molecule has 0 radical (unpaired) electrons. The van der Waals surface area contributed by atoms with Crippen molar-refractivity contribution in [3.63, 3.8) is 0 Å². The van der Waals surface area contributed by atoms with Crippen LogP contribution in [-0.2, 0) is 9.57 Å². The third-order valence-electron chi connectivity index (χ3n) is 4.65. The molecule has 0 aromatic carbocycles. The maximum absolute atomic E-state index is 6.00. The van der Waals surface area contributed by atoms with Gasteiger partial charge in [-0.2, -0.15) is 0 Å². The highest BCUT2D eigenvalue weighted by molar-refractivity contribution is 5.62. The van der Waals surface area contributed by atoms with Gasteiger partial charge in [-0.3, -0.25) is 0 Å². The van der Waals surface area contributed by atoms with E-state index in [2.05, 4.69) is 11.7 Å². The Morgan fingerprint density at radius 1 is 1.10 bits per heavy atom. The number of hydrogen-bond donors (Lipinski definition) is 0. The molecule has 1 fully saturated rings. The number of hydrogen-bond acceptors (Lipinski definition) is 3. The number of unbranched alkanes of at least 4 members (excludes halogenated alkanes) is 7. The van der Waals surface area contributed by atoms with Crippen LogP contribution in [0.1, 0.15) is 70.6 Å². The summed E-state index contributed by atoms with van der Waals surface area (Å²) in [5.41, 5.74) is 0. The first-order valence-electron chi connectivity index (χ1n) is 8.82. The van der Waals surface area contributed by atoms with Crippen molar-refractivity contribution in [2.75, 3.05) is 6.61 Å². The molecule has 1 aliphatic heterocycles. The van der Waals surface area contributed by atoms with Crippen LogP contribution in [0.3, 0.4) is 0 Å². The molecular formula is C18H31NO2. The predicted molar refractivity (Wildman–Crippen MR) is 87.6 cm³/mol. The van der Waals surface area contributed by atoms with Crippen molar-refractivity contribution in [3.05, 3.63) is 12.7 Å². The number of rotatable bonds is 11. The van der Waals surface area contributed by atoms with Gasteiger partial charge >= 0.3 is 0 Å². The van der Waals surface area contributed by atoms with Crippen LogP contribution in [0.4, 0.5) is 0 Å². The number of allylic oxidation sites excluding steroid dienone is 1. The van der Waals surface area contributed by atoms with Gasteiger partial charge in [0.05, 0.1) is 12.3 Å². The molecule has 21 heavy (non-hydrogen) atoms. The highest BCUT2D eigenvalue weighted by Crippen LogP contribution is 2.31. The monoisotopic (exact) mass is 293 g/mol. The highest BCUT2D eigenvalue weighted by atomic mass is 16.6. The zero-order valence-electron chi connectivity index (χ0n) is 13.3. The van der Waals surface area contributed by atoms with Crippen LogP contribution in [0, 0.1) is 5.92 Å². The zero-order chi connectivity index (χ0) is 14.8. The molecule has 3 heteroatoms. The summed E-state index contributed by atoms with van der Waals surface area (Å²) in [4.78, 5) is 5.37. The molecule has 1 saturated carbocycles. The van der Waals surface area contributed by atoms with Crippen LogP contribution in [0.15, 0.2) is 17.8 Å². The minimum Gasteiger partial charge on any atom is -0.392 e. The van der Waals surface area contributed by atoms with E-state index in [1.54, 1.807) is 0 Å². The standard InChI is InChI=1S/C18H31NO2/c1-2-3-4-5-6-7-8-9-10-13-20-17-12-11-16-15-19-21-18(16)14-17/h2,15-18H,1,3-14H2. The maximum atomic E-state index is 6.00. The lowest BCUT2D eigenvalue weighted by Crippen LogP contribution is -2.32. The molecule has 120 valence electrons. The fourth-order valence-electron chi connectivity index (χ4n) is 3.28. The van der Waals surface area contributed by atoms with Gasteiger partial charge in [0.15, 0.2) is 0 Å². The quantitative estimate of drug-likeness (QED) is 0.402. The minimum absolute atomic E-state index is 0.291. The summed E-state index contributed by atoms with van der Waals surface area (Å²) in [5.74, 6) is 0.547. The molecule has 1 heterocycles. The maximum Gasteiger partial charge on any atom is 0.137 e. The molecule has 0 aromatic heterocycles. The first-order chi connectivity index (χ1) is 10.4.